The third-order valence-electron chi connectivity index (χ3n) is 2.80. The predicted molar refractivity (Wildman–Crippen MR) is 56.1 cm³/mol. The van der Waals surface area contributed by atoms with E-state index >= 15 is 0 Å². The normalized spacial score (nSPS) is 25.2. The summed E-state index contributed by atoms with van der Waals surface area (Å²) in [5, 5.41) is 0. The van der Waals surface area contributed by atoms with Gasteiger partial charge in [0, 0.05) is 18.3 Å². The zero-order valence-corrected chi connectivity index (χ0v) is 8.74. The molecule has 3 heteroatoms. The summed E-state index contributed by atoms with van der Waals surface area (Å²) in [5.41, 5.74) is 3.15. The molecule has 0 saturated carbocycles. The van der Waals surface area contributed by atoms with Crippen molar-refractivity contribution in [1.29, 1.82) is 0 Å². The fraction of sp³-hybridized carbons (Fsp3) is 0.455. The van der Waals surface area contributed by atoms with E-state index in [0.29, 0.717) is 0 Å². The molecule has 0 radical (unpaired) electrons. The van der Waals surface area contributed by atoms with Crippen LogP contribution in [-0.2, 0) is 4.79 Å². The van der Waals surface area contributed by atoms with Gasteiger partial charge in [-0.1, -0.05) is 5.57 Å². The number of aliphatic imine (C=N–C) groups is 1. The number of rotatable bonds is 1. The number of ketones is 1. The molecule has 0 bridgehead atoms. The fourth-order valence-corrected chi connectivity index (χ4v) is 1.99. The molecule has 0 fully saturated rings. The first kappa shape index (κ1) is 9.19. The molecule has 0 N–H and O–H groups in total. The second-order valence-corrected chi connectivity index (χ2v) is 3.91. The maximum Gasteiger partial charge on any atom is 0.159 e. The molecule has 0 aromatic carbocycles. The molecular formula is C11H14N2O. The predicted octanol–water partition coefficient (Wildman–Crippen LogP) is 1.52. The Hall–Kier alpha value is -1.38. The summed E-state index contributed by atoms with van der Waals surface area (Å²) in [6.07, 6.45) is 4.67. The van der Waals surface area contributed by atoms with Crippen molar-refractivity contribution in [3.05, 3.63) is 22.9 Å². The van der Waals surface area contributed by atoms with Crippen molar-refractivity contribution in [1.82, 2.24) is 4.90 Å². The molecular weight excluding hydrogens is 176 g/mol. The Morgan fingerprint density at radius 1 is 1.64 bits per heavy atom. The van der Waals surface area contributed by atoms with Crippen LogP contribution in [0.15, 0.2) is 27.9 Å². The second-order valence-electron chi connectivity index (χ2n) is 3.91. The minimum atomic E-state index is 0.147. The van der Waals surface area contributed by atoms with Gasteiger partial charge >= 0.3 is 0 Å². The van der Waals surface area contributed by atoms with Crippen LogP contribution in [0.2, 0.25) is 0 Å². The van der Waals surface area contributed by atoms with Crippen LogP contribution in [0, 0.1) is 0 Å². The largest absolute Gasteiger partial charge is 0.337 e. The first-order valence-electron chi connectivity index (χ1n) is 4.78. The molecule has 14 heavy (non-hydrogen) atoms. The first-order valence-corrected chi connectivity index (χ1v) is 4.78. The van der Waals surface area contributed by atoms with Gasteiger partial charge in [0.15, 0.2) is 5.78 Å². The number of likely N-dealkylation sites (N-methyl/N-ethyl adjacent to an activating group) is 1. The zero-order chi connectivity index (χ0) is 10.3. The van der Waals surface area contributed by atoms with E-state index in [1.54, 1.807) is 6.92 Å². The van der Waals surface area contributed by atoms with Crippen LogP contribution >= 0.6 is 0 Å². The Morgan fingerprint density at radius 3 is 3.00 bits per heavy atom. The van der Waals surface area contributed by atoms with Crippen molar-refractivity contribution < 1.29 is 4.79 Å². The average molecular weight is 190 g/mol. The van der Waals surface area contributed by atoms with Crippen molar-refractivity contribution in [3.63, 3.8) is 0 Å². The van der Waals surface area contributed by atoms with E-state index in [2.05, 4.69) is 4.99 Å². The minimum Gasteiger partial charge on any atom is -0.337 e. The van der Waals surface area contributed by atoms with Crippen molar-refractivity contribution in [2.24, 2.45) is 4.99 Å². The van der Waals surface area contributed by atoms with E-state index in [9.17, 15) is 4.79 Å². The molecule has 1 unspecified atom stereocenters. The summed E-state index contributed by atoms with van der Waals surface area (Å²) in [5.74, 6) is 0.147. The summed E-state index contributed by atoms with van der Waals surface area (Å²) >= 11 is 0. The van der Waals surface area contributed by atoms with Gasteiger partial charge in [-0.3, -0.25) is 9.79 Å². The van der Waals surface area contributed by atoms with Gasteiger partial charge in [-0.05, 0) is 26.3 Å². The molecule has 3 nitrogen and oxygen atoms in total. The smallest absolute Gasteiger partial charge is 0.159 e. The molecule has 1 atom stereocenters. The molecule has 0 amide bonds. The average Bonchev–Trinajstić information content (AvgIpc) is 2.46. The van der Waals surface area contributed by atoms with Crippen molar-refractivity contribution in [3.8, 4) is 0 Å². The minimum absolute atomic E-state index is 0.147. The highest BCUT2D eigenvalue weighted by Crippen LogP contribution is 2.30. The van der Waals surface area contributed by atoms with Gasteiger partial charge in [0.05, 0.1) is 12.4 Å². The first-order chi connectivity index (χ1) is 6.59. The van der Waals surface area contributed by atoms with Gasteiger partial charge in [0.25, 0.3) is 0 Å². The fourth-order valence-electron chi connectivity index (χ4n) is 1.99. The highest BCUT2D eigenvalue weighted by atomic mass is 16.1. The molecule has 1 aliphatic heterocycles. The Morgan fingerprint density at radius 2 is 2.36 bits per heavy atom. The molecule has 1 aliphatic carbocycles. The third kappa shape index (κ3) is 1.29. The number of fused-ring (bicyclic) bond motifs is 1. The highest BCUT2D eigenvalue weighted by Gasteiger charge is 2.27. The number of nitrogens with zero attached hydrogens (tertiary/aromatic N) is 2. The monoisotopic (exact) mass is 190 g/mol. The van der Waals surface area contributed by atoms with Crippen LogP contribution in [0.3, 0.4) is 0 Å². The number of hydrogen-bond donors (Lipinski definition) is 0. The highest BCUT2D eigenvalue weighted by molar-refractivity contribution is 5.97. The van der Waals surface area contributed by atoms with Crippen LogP contribution in [0.25, 0.3) is 0 Å². The summed E-state index contributed by atoms with van der Waals surface area (Å²) in [4.78, 5) is 17.7. The van der Waals surface area contributed by atoms with Crippen LogP contribution in [0.1, 0.15) is 20.3 Å². The maximum atomic E-state index is 11.3. The lowest BCUT2D eigenvalue weighted by atomic mass is 9.91. The van der Waals surface area contributed by atoms with Gasteiger partial charge in [-0.15, -0.1) is 0 Å². The summed E-state index contributed by atoms with van der Waals surface area (Å²) in [6, 6.07) is 0.239. The summed E-state index contributed by atoms with van der Waals surface area (Å²) in [6.45, 7) is 3.63. The lowest BCUT2D eigenvalue weighted by molar-refractivity contribution is -0.113. The standard InChI is InChI=1S/C11H14N2O/c1-7-4-10-11(13(3)6-12-10)5-9(7)8(2)14/h5-6,10H,4H2,1-3H3. The Balaban J connectivity index is 2.39. The maximum absolute atomic E-state index is 11.3. The third-order valence-corrected chi connectivity index (χ3v) is 2.80. The number of carbonyl (C=O) groups excluding carboxylic acids is 1. The van der Waals surface area contributed by atoms with E-state index in [-0.39, 0.29) is 11.8 Å². The number of hydrogen-bond acceptors (Lipinski definition) is 3. The van der Waals surface area contributed by atoms with E-state index in [4.69, 9.17) is 0 Å². The Bertz CT molecular complexity index is 377. The van der Waals surface area contributed by atoms with Crippen molar-refractivity contribution >= 4 is 12.1 Å². The Kier molecular flexibility index (Phi) is 2.02. The molecule has 0 aromatic rings. The molecule has 0 spiro atoms. The number of carbonyl (C=O) groups is 1. The van der Waals surface area contributed by atoms with Crippen molar-refractivity contribution in [2.75, 3.05) is 7.05 Å². The molecule has 2 rings (SSSR count). The zero-order valence-electron chi connectivity index (χ0n) is 8.74. The lowest BCUT2D eigenvalue weighted by Gasteiger charge is -2.22. The molecule has 0 saturated heterocycles. The lowest BCUT2D eigenvalue weighted by Crippen LogP contribution is -2.21. The van der Waals surface area contributed by atoms with Crippen LogP contribution in [0.4, 0.5) is 0 Å². The SMILES string of the molecule is CC(=O)C1=C(C)CC2N=CN(C)C2=C1. The van der Waals surface area contributed by atoms with Gasteiger partial charge in [-0.2, -0.15) is 0 Å². The van der Waals surface area contributed by atoms with E-state index in [0.717, 1.165) is 23.3 Å². The van der Waals surface area contributed by atoms with E-state index in [1.807, 2.05) is 31.3 Å². The van der Waals surface area contributed by atoms with Crippen molar-refractivity contribution in [2.45, 2.75) is 26.3 Å². The summed E-state index contributed by atoms with van der Waals surface area (Å²) < 4.78 is 0. The van der Waals surface area contributed by atoms with E-state index in [1.165, 1.54) is 0 Å². The van der Waals surface area contributed by atoms with E-state index < -0.39 is 0 Å². The summed E-state index contributed by atoms with van der Waals surface area (Å²) in [7, 11) is 1.97. The van der Waals surface area contributed by atoms with Gasteiger partial charge < -0.3 is 4.90 Å². The van der Waals surface area contributed by atoms with Gasteiger partial charge in [0.2, 0.25) is 0 Å². The Labute approximate surface area is 83.8 Å². The number of allylic oxidation sites excluding steroid dienone is 2. The molecule has 0 aromatic heterocycles. The van der Waals surface area contributed by atoms with Crippen LogP contribution in [-0.4, -0.2) is 30.1 Å². The van der Waals surface area contributed by atoms with Gasteiger partial charge in [0.1, 0.15) is 0 Å². The quantitative estimate of drug-likeness (QED) is 0.628. The molecule has 74 valence electrons. The van der Waals surface area contributed by atoms with Crippen LogP contribution < -0.4 is 0 Å². The topological polar surface area (TPSA) is 32.7 Å². The number of Topliss-reactive ketones (excluding diaryl/α,β-unsaturated/α-hetero) is 1. The van der Waals surface area contributed by atoms with Crippen LogP contribution in [0.5, 0.6) is 0 Å². The van der Waals surface area contributed by atoms with Gasteiger partial charge in [-0.25, -0.2) is 0 Å². The molecule has 1 heterocycles. The molecule has 2 aliphatic rings. The second kappa shape index (κ2) is 3.08.